The normalized spacial score (nSPS) is 14.9. The van der Waals surface area contributed by atoms with Gasteiger partial charge in [0.15, 0.2) is 5.70 Å². The van der Waals surface area contributed by atoms with Crippen molar-refractivity contribution in [2.45, 2.75) is 0 Å². The third-order valence-electron chi connectivity index (χ3n) is 3.63. The summed E-state index contributed by atoms with van der Waals surface area (Å²) >= 11 is 0. The van der Waals surface area contributed by atoms with E-state index in [1.807, 2.05) is 0 Å². The molecule has 0 N–H and O–H groups in total. The molecule has 6 heteroatoms. The predicted molar refractivity (Wildman–Crippen MR) is 93.1 cm³/mol. The van der Waals surface area contributed by atoms with Gasteiger partial charge in [-0.25, -0.2) is 9.79 Å². The molecular formula is C19H17NO5. The van der Waals surface area contributed by atoms with Crippen LogP contribution in [0.2, 0.25) is 0 Å². The van der Waals surface area contributed by atoms with Crippen molar-refractivity contribution in [1.29, 1.82) is 0 Å². The number of carbonyl (C=O) groups excluding carboxylic acids is 1. The zero-order valence-corrected chi connectivity index (χ0v) is 14.1. The van der Waals surface area contributed by atoms with Gasteiger partial charge in [0, 0.05) is 11.6 Å². The van der Waals surface area contributed by atoms with E-state index in [0.717, 1.165) is 5.56 Å². The summed E-state index contributed by atoms with van der Waals surface area (Å²) in [6.45, 7) is 0. The lowest BCUT2D eigenvalue weighted by molar-refractivity contribution is -0.129. The van der Waals surface area contributed by atoms with Crippen molar-refractivity contribution < 1.29 is 23.7 Å². The molecule has 0 aromatic heterocycles. The van der Waals surface area contributed by atoms with Gasteiger partial charge in [-0.05, 0) is 48.0 Å². The van der Waals surface area contributed by atoms with Gasteiger partial charge < -0.3 is 18.9 Å². The van der Waals surface area contributed by atoms with E-state index < -0.39 is 5.97 Å². The second-order valence-electron chi connectivity index (χ2n) is 5.21. The van der Waals surface area contributed by atoms with Gasteiger partial charge in [-0.3, -0.25) is 0 Å². The van der Waals surface area contributed by atoms with Crippen LogP contribution in [0.3, 0.4) is 0 Å². The van der Waals surface area contributed by atoms with Gasteiger partial charge in [-0.2, -0.15) is 0 Å². The molecule has 0 atom stereocenters. The maximum atomic E-state index is 12.1. The van der Waals surface area contributed by atoms with Gasteiger partial charge >= 0.3 is 5.97 Å². The Kier molecular flexibility index (Phi) is 4.70. The van der Waals surface area contributed by atoms with Crippen LogP contribution in [-0.2, 0) is 9.53 Å². The lowest BCUT2D eigenvalue weighted by Gasteiger charge is -2.05. The molecule has 1 heterocycles. The first kappa shape index (κ1) is 16.6. The van der Waals surface area contributed by atoms with E-state index in [1.54, 1.807) is 69.9 Å². The fourth-order valence-corrected chi connectivity index (χ4v) is 2.34. The van der Waals surface area contributed by atoms with Crippen molar-refractivity contribution in [2.24, 2.45) is 4.99 Å². The summed E-state index contributed by atoms with van der Waals surface area (Å²) in [5.41, 5.74) is 1.63. The van der Waals surface area contributed by atoms with Gasteiger partial charge in [0.05, 0.1) is 21.3 Å². The number of cyclic esters (lactones) is 1. The molecule has 3 rings (SSSR count). The number of hydrogen-bond donors (Lipinski definition) is 0. The number of benzene rings is 2. The van der Waals surface area contributed by atoms with Crippen LogP contribution in [0.4, 0.5) is 0 Å². The summed E-state index contributed by atoms with van der Waals surface area (Å²) in [5, 5.41) is 0. The van der Waals surface area contributed by atoms with Gasteiger partial charge in [0.1, 0.15) is 17.2 Å². The summed E-state index contributed by atoms with van der Waals surface area (Å²) in [5.74, 6) is 1.71. The van der Waals surface area contributed by atoms with Crippen molar-refractivity contribution in [1.82, 2.24) is 0 Å². The van der Waals surface area contributed by atoms with Gasteiger partial charge in [-0.15, -0.1) is 0 Å². The quantitative estimate of drug-likeness (QED) is 0.619. The Balaban J connectivity index is 1.92. The maximum Gasteiger partial charge on any atom is 0.363 e. The highest BCUT2D eigenvalue weighted by atomic mass is 16.6. The Hall–Kier alpha value is -3.28. The Labute approximate surface area is 145 Å². The van der Waals surface area contributed by atoms with Crippen LogP contribution >= 0.6 is 0 Å². The van der Waals surface area contributed by atoms with Crippen LogP contribution in [-0.4, -0.2) is 33.2 Å². The molecule has 128 valence electrons. The lowest BCUT2D eigenvalue weighted by Crippen LogP contribution is -2.05. The molecule has 1 aliphatic rings. The summed E-state index contributed by atoms with van der Waals surface area (Å²) in [7, 11) is 4.72. The lowest BCUT2D eigenvalue weighted by atomic mass is 10.1. The van der Waals surface area contributed by atoms with E-state index >= 15 is 0 Å². The fraction of sp³-hybridized carbons (Fsp3) is 0.158. The molecule has 0 saturated heterocycles. The van der Waals surface area contributed by atoms with Crippen molar-refractivity contribution in [2.75, 3.05) is 21.3 Å². The summed E-state index contributed by atoms with van der Waals surface area (Å²) < 4.78 is 20.8. The molecule has 0 aliphatic carbocycles. The molecule has 0 radical (unpaired) electrons. The summed E-state index contributed by atoms with van der Waals surface area (Å²) in [4.78, 5) is 16.4. The molecule has 6 nitrogen and oxygen atoms in total. The van der Waals surface area contributed by atoms with Gasteiger partial charge in [-0.1, -0.05) is 0 Å². The summed E-state index contributed by atoms with van der Waals surface area (Å²) in [6.07, 6.45) is 1.63. The molecule has 0 fully saturated rings. The topological polar surface area (TPSA) is 66.3 Å². The van der Waals surface area contributed by atoms with Gasteiger partial charge in [0.25, 0.3) is 0 Å². The first-order valence-electron chi connectivity index (χ1n) is 7.53. The Morgan fingerprint density at radius 2 is 1.48 bits per heavy atom. The van der Waals surface area contributed by atoms with Crippen LogP contribution in [0.25, 0.3) is 6.08 Å². The van der Waals surface area contributed by atoms with E-state index in [4.69, 9.17) is 18.9 Å². The van der Waals surface area contributed by atoms with E-state index in [9.17, 15) is 4.79 Å². The fourth-order valence-electron chi connectivity index (χ4n) is 2.34. The minimum absolute atomic E-state index is 0.209. The third kappa shape index (κ3) is 3.63. The van der Waals surface area contributed by atoms with E-state index in [1.165, 1.54) is 0 Å². The van der Waals surface area contributed by atoms with Gasteiger partial charge in [0.2, 0.25) is 5.90 Å². The van der Waals surface area contributed by atoms with Crippen LogP contribution in [0.5, 0.6) is 17.2 Å². The number of hydrogen-bond acceptors (Lipinski definition) is 6. The second kappa shape index (κ2) is 7.09. The molecule has 0 unspecified atom stereocenters. The van der Waals surface area contributed by atoms with E-state index in [0.29, 0.717) is 22.8 Å². The molecule has 25 heavy (non-hydrogen) atoms. The maximum absolute atomic E-state index is 12.1. The highest BCUT2D eigenvalue weighted by Crippen LogP contribution is 2.26. The first-order valence-corrected chi connectivity index (χ1v) is 7.53. The minimum atomic E-state index is -0.507. The predicted octanol–water partition coefficient (Wildman–Crippen LogP) is 3.06. The standard InChI is InChI=1S/C19H17NO5/c1-22-14-6-4-13(5-7-14)18-20-17(19(21)25-18)10-12-8-15(23-2)11-16(9-12)24-3/h4-11H,1-3H3. The zero-order chi connectivity index (χ0) is 17.8. The Morgan fingerprint density at radius 1 is 0.880 bits per heavy atom. The van der Waals surface area contributed by atoms with Crippen LogP contribution in [0, 0.1) is 0 Å². The minimum Gasteiger partial charge on any atom is -0.497 e. The number of rotatable bonds is 5. The highest BCUT2D eigenvalue weighted by Gasteiger charge is 2.24. The van der Waals surface area contributed by atoms with Crippen molar-refractivity contribution in [3.63, 3.8) is 0 Å². The van der Waals surface area contributed by atoms with Crippen molar-refractivity contribution in [3.8, 4) is 17.2 Å². The first-order chi connectivity index (χ1) is 12.1. The third-order valence-corrected chi connectivity index (χ3v) is 3.63. The van der Waals surface area contributed by atoms with Crippen molar-refractivity contribution in [3.05, 3.63) is 59.3 Å². The number of aliphatic imine (C=N–C) groups is 1. The van der Waals surface area contributed by atoms with Crippen LogP contribution in [0.1, 0.15) is 11.1 Å². The molecule has 0 bridgehead atoms. The van der Waals surface area contributed by atoms with Crippen molar-refractivity contribution >= 4 is 17.9 Å². The number of nitrogens with zero attached hydrogens (tertiary/aromatic N) is 1. The molecular weight excluding hydrogens is 322 g/mol. The average molecular weight is 339 g/mol. The van der Waals surface area contributed by atoms with Crippen LogP contribution < -0.4 is 14.2 Å². The molecule has 2 aromatic carbocycles. The molecule has 0 spiro atoms. The largest absolute Gasteiger partial charge is 0.497 e. The van der Waals surface area contributed by atoms with Crippen LogP contribution in [0.15, 0.2) is 53.2 Å². The Morgan fingerprint density at radius 3 is 2.04 bits per heavy atom. The number of ether oxygens (including phenoxy) is 4. The molecule has 0 amide bonds. The zero-order valence-electron chi connectivity index (χ0n) is 14.1. The molecule has 2 aromatic rings. The SMILES string of the molecule is COc1ccc(C2=NC(=Cc3cc(OC)cc(OC)c3)C(=O)O2)cc1. The monoisotopic (exact) mass is 339 g/mol. The van der Waals surface area contributed by atoms with E-state index in [-0.39, 0.29) is 11.6 Å². The highest BCUT2D eigenvalue weighted by molar-refractivity contribution is 6.12. The second-order valence-corrected chi connectivity index (χ2v) is 5.21. The Bertz CT molecular complexity index is 830. The molecule has 1 aliphatic heterocycles. The molecule has 0 saturated carbocycles. The number of carbonyl (C=O) groups is 1. The smallest absolute Gasteiger partial charge is 0.363 e. The average Bonchev–Trinajstić information content (AvgIpc) is 3.01. The summed E-state index contributed by atoms with van der Waals surface area (Å²) in [6, 6.07) is 12.4. The number of methoxy groups -OCH3 is 3. The van der Waals surface area contributed by atoms with E-state index in [2.05, 4.69) is 4.99 Å². The number of esters is 1.